The average Bonchev–Trinajstić information content (AvgIpc) is 2.28. The van der Waals surface area contributed by atoms with E-state index in [4.69, 9.17) is 23.2 Å². The van der Waals surface area contributed by atoms with Crippen molar-refractivity contribution in [2.45, 2.75) is 6.92 Å². The molecule has 1 N–H and O–H groups in total. The van der Waals surface area contributed by atoms with Crippen LogP contribution >= 0.6 is 23.2 Å². The molecule has 0 unspecified atom stereocenters. The van der Waals surface area contributed by atoms with Gasteiger partial charge >= 0.3 is 0 Å². The molecule has 1 heterocycles. The van der Waals surface area contributed by atoms with Crippen molar-refractivity contribution in [3.8, 4) is 11.1 Å². The fourth-order valence-corrected chi connectivity index (χ4v) is 1.96. The van der Waals surface area contributed by atoms with Gasteiger partial charge in [0.2, 0.25) is 5.43 Å². The number of nitrogens with one attached hydrogen (secondary N) is 1. The quantitative estimate of drug-likeness (QED) is 0.867. The van der Waals surface area contributed by atoms with E-state index in [2.05, 4.69) is 10.2 Å². The molecule has 0 aliphatic heterocycles. The minimum absolute atomic E-state index is 0.00210. The van der Waals surface area contributed by atoms with Gasteiger partial charge in [-0.1, -0.05) is 29.3 Å². The van der Waals surface area contributed by atoms with E-state index < -0.39 is 11.2 Å². The lowest BCUT2D eigenvalue weighted by molar-refractivity contribution is 0.631. The van der Waals surface area contributed by atoms with Crippen LogP contribution in [0.25, 0.3) is 11.1 Å². The fourth-order valence-electron chi connectivity index (χ4n) is 1.48. The molecule has 0 bridgehead atoms. The van der Waals surface area contributed by atoms with Crippen LogP contribution in [0.4, 0.5) is 4.39 Å². The zero-order valence-electron chi connectivity index (χ0n) is 8.72. The molecule has 1 aromatic heterocycles. The van der Waals surface area contributed by atoms with Gasteiger partial charge in [0.15, 0.2) is 0 Å². The number of aromatic amines is 1. The van der Waals surface area contributed by atoms with Crippen molar-refractivity contribution in [2.75, 3.05) is 0 Å². The topological polar surface area (TPSA) is 45.8 Å². The normalized spacial score (nSPS) is 10.6. The highest BCUT2D eigenvalue weighted by atomic mass is 35.5. The summed E-state index contributed by atoms with van der Waals surface area (Å²) in [4.78, 5) is 11.9. The molecular weight excluding hydrogens is 266 g/mol. The Kier molecular flexibility index (Phi) is 3.17. The van der Waals surface area contributed by atoms with Gasteiger partial charge in [-0.2, -0.15) is 5.10 Å². The van der Waals surface area contributed by atoms with Crippen LogP contribution in [0.2, 0.25) is 10.2 Å². The Bertz CT molecular complexity index is 620. The zero-order valence-corrected chi connectivity index (χ0v) is 10.2. The number of hydrogen-bond donors (Lipinski definition) is 1. The summed E-state index contributed by atoms with van der Waals surface area (Å²) in [6.07, 6.45) is 0. The van der Waals surface area contributed by atoms with Crippen LogP contribution in [0.3, 0.4) is 0 Å². The van der Waals surface area contributed by atoms with Gasteiger partial charge < -0.3 is 0 Å². The lowest BCUT2D eigenvalue weighted by Crippen LogP contribution is -2.13. The number of aromatic nitrogens is 2. The second-order valence-electron chi connectivity index (χ2n) is 3.42. The molecule has 0 spiro atoms. The van der Waals surface area contributed by atoms with Crippen molar-refractivity contribution >= 4 is 23.2 Å². The van der Waals surface area contributed by atoms with Gasteiger partial charge in [-0.25, -0.2) is 4.39 Å². The van der Waals surface area contributed by atoms with Crippen molar-refractivity contribution in [3.63, 3.8) is 0 Å². The third kappa shape index (κ3) is 2.06. The minimum atomic E-state index is -0.601. The number of nitrogens with zero attached hydrogens (tertiary/aromatic N) is 1. The van der Waals surface area contributed by atoms with Gasteiger partial charge in [0.1, 0.15) is 16.7 Å². The molecule has 0 radical (unpaired) electrons. The van der Waals surface area contributed by atoms with Crippen LogP contribution < -0.4 is 5.43 Å². The van der Waals surface area contributed by atoms with Gasteiger partial charge in [0.05, 0.1) is 10.6 Å². The smallest absolute Gasteiger partial charge is 0.212 e. The summed E-state index contributed by atoms with van der Waals surface area (Å²) in [6, 6.07) is 4.16. The number of benzene rings is 1. The van der Waals surface area contributed by atoms with Crippen LogP contribution in [0, 0.1) is 12.7 Å². The molecule has 0 saturated heterocycles. The predicted octanol–water partition coefficient (Wildman–Crippen LogP) is 3.19. The molecule has 0 saturated carbocycles. The summed E-state index contributed by atoms with van der Waals surface area (Å²) in [5, 5.41) is 6.23. The first-order valence-electron chi connectivity index (χ1n) is 4.71. The molecule has 0 atom stereocenters. The Morgan fingerprint density at radius 3 is 2.65 bits per heavy atom. The summed E-state index contributed by atoms with van der Waals surface area (Å²) in [7, 11) is 0. The molecule has 0 fully saturated rings. The van der Waals surface area contributed by atoms with Gasteiger partial charge in [-0.15, -0.1) is 0 Å². The number of hydrogen-bond acceptors (Lipinski definition) is 2. The first-order valence-corrected chi connectivity index (χ1v) is 5.47. The van der Waals surface area contributed by atoms with E-state index in [0.717, 1.165) is 0 Å². The molecular formula is C11H7Cl2FN2O. The van der Waals surface area contributed by atoms with Crippen LogP contribution in [-0.4, -0.2) is 10.2 Å². The monoisotopic (exact) mass is 272 g/mol. The van der Waals surface area contributed by atoms with E-state index in [1.807, 2.05) is 0 Å². The molecule has 3 nitrogen and oxygen atoms in total. The number of aryl methyl sites for hydroxylation is 1. The molecule has 0 amide bonds. The Morgan fingerprint density at radius 2 is 2.00 bits per heavy atom. The lowest BCUT2D eigenvalue weighted by Gasteiger charge is -2.07. The van der Waals surface area contributed by atoms with E-state index in [1.165, 1.54) is 25.1 Å². The molecule has 88 valence electrons. The first-order chi connectivity index (χ1) is 8.02. The minimum Gasteiger partial charge on any atom is -0.287 e. The Balaban J connectivity index is 2.87. The maximum Gasteiger partial charge on any atom is 0.212 e. The highest BCUT2D eigenvalue weighted by molar-refractivity contribution is 6.35. The second kappa shape index (κ2) is 4.47. The third-order valence-corrected chi connectivity index (χ3v) is 2.90. The van der Waals surface area contributed by atoms with Crippen LogP contribution in [0.15, 0.2) is 23.0 Å². The average molecular weight is 273 g/mol. The van der Waals surface area contributed by atoms with Crippen LogP contribution in [0.5, 0.6) is 0 Å². The van der Waals surface area contributed by atoms with Crippen molar-refractivity contribution in [2.24, 2.45) is 0 Å². The van der Waals surface area contributed by atoms with E-state index in [-0.39, 0.29) is 27.0 Å². The molecule has 2 rings (SSSR count). The van der Waals surface area contributed by atoms with Gasteiger partial charge in [-0.3, -0.25) is 9.89 Å². The summed E-state index contributed by atoms with van der Waals surface area (Å²) in [6.45, 7) is 1.51. The van der Waals surface area contributed by atoms with Crippen molar-refractivity contribution in [3.05, 3.63) is 50.1 Å². The zero-order chi connectivity index (χ0) is 12.6. The van der Waals surface area contributed by atoms with E-state index in [1.54, 1.807) is 0 Å². The summed E-state index contributed by atoms with van der Waals surface area (Å²) < 4.78 is 13.7. The van der Waals surface area contributed by atoms with Gasteiger partial charge in [-0.05, 0) is 19.1 Å². The van der Waals surface area contributed by atoms with Crippen molar-refractivity contribution in [1.82, 2.24) is 10.2 Å². The Morgan fingerprint density at radius 1 is 1.29 bits per heavy atom. The summed E-state index contributed by atoms with van der Waals surface area (Å²) >= 11 is 11.7. The molecule has 0 aliphatic rings. The first kappa shape index (κ1) is 12.1. The highest BCUT2D eigenvalue weighted by Gasteiger charge is 2.18. The third-order valence-electron chi connectivity index (χ3n) is 2.31. The Hall–Kier alpha value is -1.39. The van der Waals surface area contributed by atoms with Crippen molar-refractivity contribution < 1.29 is 4.39 Å². The largest absolute Gasteiger partial charge is 0.287 e. The van der Waals surface area contributed by atoms with Gasteiger partial charge in [0.25, 0.3) is 0 Å². The maximum atomic E-state index is 13.7. The van der Waals surface area contributed by atoms with E-state index >= 15 is 0 Å². The number of rotatable bonds is 1. The SMILES string of the molecule is Cc1n[nH]c(Cl)c(-c2c(F)cccc2Cl)c1=O. The number of H-pyrrole nitrogens is 1. The fraction of sp³-hybridized carbons (Fsp3) is 0.0909. The molecule has 1 aromatic carbocycles. The second-order valence-corrected chi connectivity index (χ2v) is 4.21. The molecule has 2 aromatic rings. The molecule has 6 heteroatoms. The molecule has 17 heavy (non-hydrogen) atoms. The maximum absolute atomic E-state index is 13.7. The standard InChI is InChI=1S/C11H7Cl2FN2O/c1-5-10(17)9(11(13)16-15-5)8-6(12)3-2-4-7(8)14/h2-4H,1H3,(H,16,17). The Labute approximate surface area is 106 Å². The van der Waals surface area contributed by atoms with Crippen LogP contribution in [-0.2, 0) is 0 Å². The summed E-state index contributed by atoms with van der Waals surface area (Å²) in [5.74, 6) is -0.601. The highest BCUT2D eigenvalue weighted by Crippen LogP contribution is 2.31. The van der Waals surface area contributed by atoms with Crippen LogP contribution in [0.1, 0.15) is 5.69 Å². The summed E-state index contributed by atoms with van der Waals surface area (Å²) in [5.41, 5.74) is -0.252. The lowest BCUT2D eigenvalue weighted by atomic mass is 10.1. The molecule has 0 aliphatic carbocycles. The van der Waals surface area contributed by atoms with Gasteiger partial charge in [0, 0.05) is 5.56 Å². The predicted molar refractivity (Wildman–Crippen MR) is 65.0 cm³/mol. The van der Waals surface area contributed by atoms with Crippen molar-refractivity contribution in [1.29, 1.82) is 0 Å². The number of halogens is 3. The van der Waals surface area contributed by atoms with E-state index in [9.17, 15) is 9.18 Å². The van der Waals surface area contributed by atoms with E-state index in [0.29, 0.717) is 0 Å².